The molecular weight excluding hydrogens is 350 g/mol. The molecule has 1 unspecified atom stereocenters. The number of likely N-dealkylation sites (tertiary alicyclic amines) is 1. The topological polar surface area (TPSA) is 52.7 Å². The number of aryl methyl sites for hydroxylation is 1. The Labute approximate surface area is 162 Å². The standard InChI is InChI=1S/C20H29N3O2.ClH/c1-16-15-23(14-11-21-16)20(25)18-9-12-22(13-10-18)19(24)8-7-17-5-3-2-4-6-17;/h2-6,16,18,21H,7-15H2,1H3;1H. The number of amides is 2. The fourth-order valence-electron chi connectivity index (χ4n) is 3.82. The molecule has 0 aliphatic carbocycles. The van der Waals surface area contributed by atoms with Crippen molar-refractivity contribution < 1.29 is 9.59 Å². The first-order chi connectivity index (χ1) is 12.1. The first-order valence-electron chi connectivity index (χ1n) is 9.47. The molecule has 0 aromatic heterocycles. The van der Waals surface area contributed by atoms with E-state index in [1.807, 2.05) is 28.0 Å². The van der Waals surface area contributed by atoms with E-state index in [1.165, 1.54) is 5.56 Å². The average Bonchev–Trinajstić information content (AvgIpc) is 2.66. The number of nitrogens with zero attached hydrogens (tertiary/aromatic N) is 2. The highest BCUT2D eigenvalue weighted by Crippen LogP contribution is 2.21. The Hall–Kier alpha value is -1.59. The second-order valence-electron chi connectivity index (χ2n) is 7.28. The molecular formula is C20H30ClN3O2. The van der Waals surface area contributed by atoms with Crippen LogP contribution in [0, 0.1) is 5.92 Å². The summed E-state index contributed by atoms with van der Waals surface area (Å²) in [7, 11) is 0. The van der Waals surface area contributed by atoms with Gasteiger partial charge in [-0.05, 0) is 31.7 Å². The Bertz CT molecular complexity index is 588. The second kappa shape index (κ2) is 9.93. The Balaban J connectivity index is 0.00000243. The molecule has 0 radical (unpaired) electrons. The van der Waals surface area contributed by atoms with E-state index in [9.17, 15) is 9.59 Å². The molecule has 0 bridgehead atoms. The summed E-state index contributed by atoms with van der Waals surface area (Å²) in [5.41, 5.74) is 1.20. The first kappa shape index (κ1) is 20.7. The van der Waals surface area contributed by atoms with Gasteiger partial charge in [0, 0.05) is 51.1 Å². The maximum absolute atomic E-state index is 12.7. The van der Waals surface area contributed by atoms with Gasteiger partial charge in [-0.1, -0.05) is 30.3 Å². The Morgan fingerprint density at radius 2 is 1.77 bits per heavy atom. The molecule has 0 saturated carbocycles. The van der Waals surface area contributed by atoms with Crippen LogP contribution in [0.25, 0.3) is 0 Å². The van der Waals surface area contributed by atoms with Gasteiger partial charge in [0.05, 0.1) is 0 Å². The highest BCUT2D eigenvalue weighted by atomic mass is 35.5. The lowest BCUT2D eigenvalue weighted by Crippen LogP contribution is -2.54. The van der Waals surface area contributed by atoms with Gasteiger partial charge in [-0.25, -0.2) is 0 Å². The molecule has 1 N–H and O–H groups in total. The Kier molecular flexibility index (Phi) is 7.91. The molecule has 1 aromatic rings. The quantitative estimate of drug-likeness (QED) is 0.871. The summed E-state index contributed by atoms with van der Waals surface area (Å²) >= 11 is 0. The van der Waals surface area contributed by atoms with Crippen LogP contribution in [0.3, 0.4) is 0 Å². The van der Waals surface area contributed by atoms with Gasteiger partial charge in [0.2, 0.25) is 11.8 Å². The lowest BCUT2D eigenvalue weighted by molar-refractivity contribution is -0.141. The van der Waals surface area contributed by atoms with Crippen molar-refractivity contribution in [3.8, 4) is 0 Å². The normalized spacial score (nSPS) is 21.2. The van der Waals surface area contributed by atoms with Crippen LogP contribution in [0.4, 0.5) is 0 Å². The fourth-order valence-corrected chi connectivity index (χ4v) is 3.82. The third kappa shape index (κ3) is 5.45. The number of hydrogen-bond acceptors (Lipinski definition) is 3. The molecule has 2 aliphatic rings. The van der Waals surface area contributed by atoms with Crippen molar-refractivity contribution in [1.29, 1.82) is 0 Å². The number of nitrogens with one attached hydrogen (secondary N) is 1. The van der Waals surface area contributed by atoms with Crippen LogP contribution in [0.1, 0.15) is 31.7 Å². The summed E-state index contributed by atoms with van der Waals surface area (Å²) in [6.07, 6.45) is 2.94. The van der Waals surface area contributed by atoms with Crippen molar-refractivity contribution in [2.75, 3.05) is 32.7 Å². The molecule has 6 heteroatoms. The lowest BCUT2D eigenvalue weighted by Gasteiger charge is -2.37. The largest absolute Gasteiger partial charge is 0.343 e. The van der Waals surface area contributed by atoms with E-state index in [1.54, 1.807) is 0 Å². The van der Waals surface area contributed by atoms with Gasteiger partial charge < -0.3 is 15.1 Å². The minimum atomic E-state index is 0. The monoisotopic (exact) mass is 379 g/mol. The molecule has 1 atom stereocenters. The van der Waals surface area contributed by atoms with E-state index in [2.05, 4.69) is 24.4 Å². The van der Waals surface area contributed by atoms with Gasteiger partial charge in [-0.2, -0.15) is 0 Å². The SMILES string of the molecule is CC1CN(C(=O)C2CCN(C(=O)CCc3ccccc3)CC2)CCN1.Cl. The highest BCUT2D eigenvalue weighted by molar-refractivity contribution is 5.85. The smallest absolute Gasteiger partial charge is 0.225 e. The van der Waals surface area contributed by atoms with Crippen LogP contribution in [-0.2, 0) is 16.0 Å². The maximum Gasteiger partial charge on any atom is 0.225 e. The van der Waals surface area contributed by atoms with Crippen LogP contribution in [0.15, 0.2) is 30.3 Å². The van der Waals surface area contributed by atoms with Crippen molar-refractivity contribution in [1.82, 2.24) is 15.1 Å². The van der Waals surface area contributed by atoms with Crippen LogP contribution < -0.4 is 5.32 Å². The third-order valence-corrected chi connectivity index (χ3v) is 5.35. The Morgan fingerprint density at radius 3 is 2.42 bits per heavy atom. The van der Waals surface area contributed by atoms with Gasteiger partial charge in [-0.3, -0.25) is 9.59 Å². The maximum atomic E-state index is 12.7. The number of halogens is 1. The zero-order chi connectivity index (χ0) is 17.6. The number of benzene rings is 1. The van der Waals surface area contributed by atoms with Crippen LogP contribution in [0.2, 0.25) is 0 Å². The minimum absolute atomic E-state index is 0. The van der Waals surface area contributed by atoms with Crippen molar-refractivity contribution >= 4 is 24.2 Å². The summed E-state index contributed by atoms with van der Waals surface area (Å²) in [5, 5.41) is 3.37. The summed E-state index contributed by atoms with van der Waals surface area (Å²) in [4.78, 5) is 29.0. The first-order valence-corrected chi connectivity index (χ1v) is 9.47. The van der Waals surface area contributed by atoms with Crippen molar-refractivity contribution in [3.63, 3.8) is 0 Å². The highest BCUT2D eigenvalue weighted by Gasteiger charge is 2.31. The molecule has 0 spiro atoms. The van der Waals surface area contributed by atoms with E-state index in [0.717, 1.165) is 38.9 Å². The van der Waals surface area contributed by atoms with Gasteiger partial charge in [-0.15, -0.1) is 12.4 Å². The van der Waals surface area contributed by atoms with E-state index in [4.69, 9.17) is 0 Å². The molecule has 2 aliphatic heterocycles. The van der Waals surface area contributed by atoms with Crippen molar-refractivity contribution in [3.05, 3.63) is 35.9 Å². The van der Waals surface area contributed by atoms with Crippen LogP contribution in [0.5, 0.6) is 0 Å². The molecule has 144 valence electrons. The van der Waals surface area contributed by atoms with Crippen molar-refractivity contribution in [2.45, 2.75) is 38.6 Å². The molecule has 3 rings (SSSR count). The lowest BCUT2D eigenvalue weighted by atomic mass is 9.94. The number of piperazine rings is 1. The number of piperidine rings is 1. The summed E-state index contributed by atoms with van der Waals surface area (Å²) in [6, 6.07) is 10.5. The number of rotatable bonds is 4. The molecule has 2 heterocycles. The second-order valence-corrected chi connectivity index (χ2v) is 7.28. The van der Waals surface area contributed by atoms with Crippen molar-refractivity contribution in [2.24, 2.45) is 5.92 Å². The van der Waals surface area contributed by atoms with Gasteiger partial charge in [0.1, 0.15) is 0 Å². The summed E-state index contributed by atoms with van der Waals surface area (Å²) in [5.74, 6) is 0.582. The molecule has 5 nitrogen and oxygen atoms in total. The van der Waals surface area contributed by atoms with E-state index in [0.29, 0.717) is 25.6 Å². The van der Waals surface area contributed by atoms with Gasteiger partial charge in [0.15, 0.2) is 0 Å². The van der Waals surface area contributed by atoms with Gasteiger partial charge in [0.25, 0.3) is 0 Å². The summed E-state index contributed by atoms with van der Waals surface area (Å²) < 4.78 is 0. The zero-order valence-electron chi connectivity index (χ0n) is 15.5. The zero-order valence-corrected chi connectivity index (χ0v) is 16.3. The van der Waals surface area contributed by atoms with E-state index >= 15 is 0 Å². The van der Waals surface area contributed by atoms with Crippen LogP contribution >= 0.6 is 12.4 Å². The number of hydrogen-bond donors (Lipinski definition) is 1. The molecule has 2 saturated heterocycles. The summed E-state index contributed by atoms with van der Waals surface area (Å²) in [6.45, 7) is 6.03. The number of carbonyl (C=O) groups excluding carboxylic acids is 2. The van der Waals surface area contributed by atoms with Gasteiger partial charge >= 0.3 is 0 Å². The van der Waals surface area contributed by atoms with E-state index in [-0.39, 0.29) is 30.1 Å². The molecule has 1 aromatic carbocycles. The predicted octanol–water partition coefficient (Wildman–Crippen LogP) is 2.10. The molecule has 2 amide bonds. The predicted molar refractivity (Wildman–Crippen MR) is 105 cm³/mol. The number of carbonyl (C=O) groups is 2. The molecule has 2 fully saturated rings. The third-order valence-electron chi connectivity index (χ3n) is 5.35. The Morgan fingerprint density at radius 1 is 1.08 bits per heavy atom. The van der Waals surface area contributed by atoms with E-state index < -0.39 is 0 Å². The minimum Gasteiger partial charge on any atom is -0.343 e. The fraction of sp³-hybridized carbons (Fsp3) is 0.600. The average molecular weight is 380 g/mol. The van der Waals surface area contributed by atoms with Crippen LogP contribution in [-0.4, -0.2) is 60.4 Å². The molecule has 26 heavy (non-hydrogen) atoms.